The first-order valence-corrected chi connectivity index (χ1v) is 31.6. The molecule has 0 spiro atoms. The number of para-hydroxylation sites is 6. The van der Waals surface area contributed by atoms with Gasteiger partial charge in [-0.25, -0.2) is 9.97 Å². The maximum atomic E-state index is 5.71. The molecule has 0 unspecified atom stereocenters. The minimum absolute atomic E-state index is 0.678. The summed E-state index contributed by atoms with van der Waals surface area (Å²) in [5, 5.41) is 12.2. The van der Waals surface area contributed by atoms with Gasteiger partial charge >= 0.3 is 0 Å². The van der Waals surface area contributed by atoms with Crippen LogP contribution in [0.3, 0.4) is 0 Å². The lowest BCUT2D eigenvalue weighted by Crippen LogP contribution is -2.00. The molecule has 0 fully saturated rings. The molecule has 426 valence electrons. The zero-order valence-corrected chi connectivity index (χ0v) is 49.7. The number of benzene rings is 14. The van der Waals surface area contributed by atoms with Crippen LogP contribution in [0.1, 0.15) is 0 Å². The molecule has 1 aliphatic carbocycles. The average molecular weight is 1170 g/mol. The summed E-state index contributed by atoms with van der Waals surface area (Å²) < 4.78 is 9.68. The molecule has 92 heavy (non-hydrogen) atoms. The fraction of sp³-hybridized carbons (Fsp3) is 0. The first kappa shape index (κ1) is 50.6. The molecular weight excluding hydrogens is 1120 g/mol. The number of hydrogen-bond acceptors (Lipinski definition) is 2. The third-order valence-electron chi connectivity index (χ3n) is 19.5. The Hall–Kier alpha value is -12.4. The zero-order valence-electron chi connectivity index (χ0n) is 49.7. The van der Waals surface area contributed by atoms with Crippen molar-refractivity contribution in [3.05, 3.63) is 315 Å². The van der Waals surface area contributed by atoms with Gasteiger partial charge in [-0.3, -0.25) is 0 Å². The van der Waals surface area contributed by atoms with Gasteiger partial charge in [0, 0.05) is 88.1 Å². The van der Waals surface area contributed by atoms with E-state index in [1.165, 1.54) is 98.2 Å². The van der Waals surface area contributed by atoms with Gasteiger partial charge in [0.25, 0.3) is 0 Å². The fourth-order valence-corrected chi connectivity index (χ4v) is 15.8. The third kappa shape index (κ3) is 7.20. The van der Waals surface area contributed by atoms with Crippen molar-refractivity contribution in [1.29, 1.82) is 0 Å². The molecule has 20 rings (SSSR count). The molecule has 0 aliphatic heterocycles. The van der Waals surface area contributed by atoms with Crippen LogP contribution >= 0.6 is 0 Å². The predicted octanol–water partition coefficient (Wildman–Crippen LogP) is 22.3. The second-order valence-electron chi connectivity index (χ2n) is 24.3. The van der Waals surface area contributed by atoms with Crippen LogP contribution in [-0.4, -0.2) is 28.2 Å². The fourth-order valence-electron chi connectivity index (χ4n) is 15.8. The van der Waals surface area contributed by atoms with Gasteiger partial charge in [-0.15, -0.1) is 0 Å². The summed E-state index contributed by atoms with van der Waals surface area (Å²) in [4.78, 5) is 11.3. The van der Waals surface area contributed by atoms with Crippen molar-refractivity contribution in [2.75, 3.05) is 0 Å². The third-order valence-corrected chi connectivity index (χ3v) is 19.5. The van der Waals surface area contributed by atoms with E-state index >= 15 is 0 Å². The Morgan fingerprint density at radius 1 is 0.207 bits per heavy atom. The van der Waals surface area contributed by atoms with Crippen LogP contribution in [0.2, 0.25) is 0 Å². The first-order chi connectivity index (χ1) is 45.7. The highest BCUT2D eigenvalue weighted by molar-refractivity contribution is 6.24. The lowest BCUT2D eigenvalue weighted by molar-refractivity contribution is 1.16. The molecular formula is C86H52N6. The van der Waals surface area contributed by atoms with E-state index in [-0.39, 0.29) is 0 Å². The molecule has 6 heteroatoms. The van der Waals surface area contributed by atoms with Crippen LogP contribution < -0.4 is 0 Å². The van der Waals surface area contributed by atoms with Gasteiger partial charge in [0.1, 0.15) is 0 Å². The summed E-state index contributed by atoms with van der Waals surface area (Å²) in [5.74, 6) is 0.678. The first-order valence-electron chi connectivity index (χ1n) is 31.6. The highest BCUT2D eigenvalue weighted by Crippen LogP contribution is 2.52. The molecule has 0 N–H and O–H groups in total. The van der Waals surface area contributed by atoms with Crippen LogP contribution in [0.15, 0.2) is 315 Å². The Balaban J connectivity index is 0.738. The quantitative estimate of drug-likeness (QED) is 0.152. The number of rotatable bonds is 8. The molecule has 5 aromatic heterocycles. The van der Waals surface area contributed by atoms with Crippen molar-refractivity contribution >= 4 is 98.0 Å². The van der Waals surface area contributed by atoms with Crippen molar-refractivity contribution in [3.63, 3.8) is 0 Å². The molecule has 5 heterocycles. The van der Waals surface area contributed by atoms with E-state index in [1.54, 1.807) is 0 Å². The zero-order chi connectivity index (χ0) is 60.1. The van der Waals surface area contributed by atoms with E-state index < -0.39 is 0 Å². The van der Waals surface area contributed by atoms with Crippen molar-refractivity contribution in [2.24, 2.45) is 0 Å². The SMILES string of the molecule is c1ccc(-n2c3ccccc3c3c(-c4cccc5c4c4ccccc4n5-c4ccc(-c5nc(-c6cccc(-n7c8ccccc8c8c(-c9cccc%10c9c9ccccc9n%10-c9ccccc9)cccc87)c6)c6c(n5)-c5cccc7cccc-6c57)cc4)cccc32)cc1. The van der Waals surface area contributed by atoms with E-state index in [0.29, 0.717) is 5.82 Å². The van der Waals surface area contributed by atoms with Crippen molar-refractivity contribution < 1.29 is 0 Å². The van der Waals surface area contributed by atoms with E-state index in [2.05, 4.69) is 334 Å². The number of fused-ring (bicyclic) bond motifs is 15. The summed E-state index contributed by atoms with van der Waals surface area (Å²) in [6, 6.07) is 115. The van der Waals surface area contributed by atoms with E-state index in [4.69, 9.17) is 9.97 Å². The summed E-state index contributed by atoms with van der Waals surface area (Å²) >= 11 is 0. The van der Waals surface area contributed by atoms with Crippen molar-refractivity contribution in [2.45, 2.75) is 0 Å². The molecule has 0 atom stereocenters. The van der Waals surface area contributed by atoms with Crippen LogP contribution in [0.25, 0.3) is 188 Å². The van der Waals surface area contributed by atoms with Crippen molar-refractivity contribution in [1.82, 2.24) is 28.2 Å². The largest absolute Gasteiger partial charge is 0.309 e. The van der Waals surface area contributed by atoms with E-state index in [1.807, 2.05) is 0 Å². The van der Waals surface area contributed by atoms with Crippen LogP contribution in [-0.2, 0) is 0 Å². The molecule has 0 radical (unpaired) electrons. The Morgan fingerprint density at radius 2 is 0.543 bits per heavy atom. The van der Waals surface area contributed by atoms with Crippen molar-refractivity contribution in [3.8, 4) is 90.0 Å². The summed E-state index contributed by atoms with van der Waals surface area (Å²) in [5.41, 5.74) is 25.7. The lowest BCUT2D eigenvalue weighted by atomic mass is 9.95. The van der Waals surface area contributed by atoms with Gasteiger partial charge in [0.2, 0.25) is 0 Å². The van der Waals surface area contributed by atoms with Gasteiger partial charge in [-0.2, -0.15) is 0 Å². The van der Waals surface area contributed by atoms with Crippen LogP contribution in [0, 0.1) is 0 Å². The number of hydrogen-bond donors (Lipinski definition) is 0. The lowest BCUT2D eigenvalue weighted by Gasteiger charge is -2.15. The molecule has 0 amide bonds. The molecule has 19 aromatic rings. The summed E-state index contributed by atoms with van der Waals surface area (Å²) in [7, 11) is 0. The Labute approximate surface area is 528 Å². The highest BCUT2D eigenvalue weighted by atomic mass is 15.0. The average Bonchev–Trinajstić information content (AvgIpc) is 1.59. The minimum Gasteiger partial charge on any atom is -0.309 e. The molecule has 0 saturated heterocycles. The summed E-state index contributed by atoms with van der Waals surface area (Å²) in [6.07, 6.45) is 0. The maximum Gasteiger partial charge on any atom is 0.160 e. The Morgan fingerprint density at radius 3 is 1.00 bits per heavy atom. The maximum absolute atomic E-state index is 5.71. The van der Waals surface area contributed by atoms with Crippen LogP contribution in [0.4, 0.5) is 0 Å². The number of nitrogens with zero attached hydrogens (tertiary/aromatic N) is 6. The van der Waals surface area contributed by atoms with Crippen LogP contribution in [0.5, 0.6) is 0 Å². The van der Waals surface area contributed by atoms with Gasteiger partial charge in [0.05, 0.1) is 55.5 Å². The highest BCUT2D eigenvalue weighted by Gasteiger charge is 2.30. The van der Waals surface area contributed by atoms with Gasteiger partial charge in [-0.05, 0) is 148 Å². The Bertz CT molecular complexity index is 6290. The predicted molar refractivity (Wildman–Crippen MR) is 383 cm³/mol. The Kier molecular flexibility index (Phi) is 10.8. The monoisotopic (exact) mass is 1170 g/mol. The molecule has 0 saturated carbocycles. The van der Waals surface area contributed by atoms with Gasteiger partial charge in [0.15, 0.2) is 5.82 Å². The van der Waals surface area contributed by atoms with Gasteiger partial charge < -0.3 is 18.3 Å². The smallest absolute Gasteiger partial charge is 0.160 e. The summed E-state index contributed by atoms with van der Waals surface area (Å²) in [6.45, 7) is 0. The molecule has 0 bridgehead atoms. The topological polar surface area (TPSA) is 45.5 Å². The molecule has 14 aromatic carbocycles. The molecule has 6 nitrogen and oxygen atoms in total. The second kappa shape index (κ2) is 19.6. The van der Waals surface area contributed by atoms with Gasteiger partial charge in [-0.1, -0.05) is 206 Å². The normalized spacial score (nSPS) is 12.1. The second-order valence-corrected chi connectivity index (χ2v) is 24.3. The standard InChI is InChI=1S/C86H52N6/c1-3-25-56(26-4-1)89-70-40-11-7-30-64(70)79-60(34-18-44-74(79)89)61-36-20-46-76-81(61)66-32-9-13-42-72(66)91(76)58-50-48-54(49-51-58)86-87-84(83-68-38-16-22-53-23-17-39-69(78(53)68)85(83)88-86)55-24-15-29-59(52-55)92-73-43-14-10-33-67(73)82-63(37-21-47-77(82)92)62-35-19-45-75-80(62)65-31-8-12-41-71(65)90(75)57-27-5-2-6-28-57/h1-52H. The van der Waals surface area contributed by atoms with E-state index in [0.717, 1.165) is 84.0 Å². The molecule has 1 aliphatic rings. The number of aromatic nitrogens is 6. The minimum atomic E-state index is 0.678. The van der Waals surface area contributed by atoms with E-state index in [9.17, 15) is 0 Å².